The molecule has 7 heteroatoms. The molecule has 24 heavy (non-hydrogen) atoms. The van der Waals surface area contributed by atoms with E-state index < -0.39 is 12.1 Å². The number of aryl methyl sites for hydroxylation is 2. The maximum atomic E-state index is 12.4. The Morgan fingerprint density at radius 3 is 2.58 bits per heavy atom. The van der Waals surface area contributed by atoms with Crippen molar-refractivity contribution in [2.45, 2.75) is 26.9 Å². The first-order valence-corrected chi connectivity index (χ1v) is 8.43. The zero-order valence-electron chi connectivity index (χ0n) is 13.8. The van der Waals surface area contributed by atoms with E-state index in [1.165, 1.54) is 18.4 Å². The summed E-state index contributed by atoms with van der Waals surface area (Å²) in [6, 6.07) is 6.86. The van der Waals surface area contributed by atoms with Crippen LogP contribution in [0.1, 0.15) is 27.7 Å². The minimum Gasteiger partial charge on any atom is -0.481 e. The van der Waals surface area contributed by atoms with Crippen LogP contribution in [-0.2, 0) is 9.53 Å². The average Bonchev–Trinajstić information content (AvgIpc) is 2.89. The zero-order valence-corrected chi connectivity index (χ0v) is 15.4. The molecule has 1 aromatic carbocycles. The van der Waals surface area contributed by atoms with Crippen molar-refractivity contribution in [1.29, 1.82) is 0 Å². The number of hydrogen-bond acceptors (Lipinski definition) is 5. The van der Waals surface area contributed by atoms with Crippen molar-refractivity contribution in [2.75, 3.05) is 12.4 Å². The summed E-state index contributed by atoms with van der Waals surface area (Å²) in [6.45, 7) is 5.34. The fourth-order valence-electron chi connectivity index (χ4n) is 2.07. The fraction of sp³-hybridized carbons (Fsp3) is 0.294. The molecule has 1 heterocycles. The van der Waals surface area contributed by atoms with Crippen molar-refractivity contribution < 1.29 is 19.1 Å². The number of nitrogens with one attached hydrogen (secondary N) is 1. The van der Waals surface area contributed by atoms with Crippen LogP contribution >= 0.6 is 22.9 Å². The molecule has 0 spiro atoms. The van der Waals surface area contributed by atoms with Crippen molar-refractivity contribution in [3.8, 4) is 5.75 Å². The van der Waals surface area contributed by atoms with Crippen LogP contribution in [-0.4, -0.2) is 25.1 Å². The summed E-state index contributed by atoms with van der Waals surface area (Å²) in [5.41, 5.74) is 1.17. The Bertz CT molecular complexity index is 772. The summed E-state index contributed by atoms with van der Waals surface area (Å²) >= 11 is 7.22. The van der Waals surface area contributed by atoms with Gasteiger partial charge in [0.2, 0.25) is 0 Å². The third-order valence-corrected chi connectivity index (χ3v) is 4.51. The molecule has 0 fully saturated rings. The van der Waals surface area contributed by atoms with E-state index in [0.717, 1.165) is 10.4 Å². The van der Waals surface area contributed by atoms with Gasteiger partial charge in [-0.25, -0.2) is 4.79 Å². The number of methoxy groups -OCH3 is 1. The Morgan fingerprint density at radius 1 is 1.25 bits per heavy atom. The first-order chi connectivity index (χ1) is 11.3. The van der Waals surface area contributed by atoms with Crippen LogP contribution in [0.3, 0.4) is 0 Å². The largest absolute Gasteiger partial charge is 0.481 e. The first-order valence-electron chi connectivity index (χ1n) is 7.24. The second kappa shape index (κ2) is 7.68. The number of carbonyl (C=O) groups excluding carboxylic acids is 2. The summed E-state index contributed by atoms with van der Waals surface area (Å²) < 4.78 is 10.4. The molecule has 2 aromatic rings. The third-order valence-electron chi connectivity index (χ3n) is 3.31. The van der Waals surface area contributed by atoms with E-state index in [4.69, 9.17) is 21.1 Å². The summed E-state index contributed by atoms with van der Waals surface area (Å²) in [5.74, 6) is -0.259. The van der Waals surface area contributed by atoms with Crippen LogP contribution in [0.25, 0.3) is 0 Å². The van der Waals surface area contributed by atoms with Crippen molar-refractivity contribution >= 4 is 39.8 Å². The molecule has 2 rings (SSSR count). The molecule has 0 saturated carbocycles. The highest BCUT2D eigenvalue weighted by Gasteiger charge is 2.21. The molecular formula is C17H18ClNO4S. The van der Waals surface area contributed by atoms with Gasteiger partial charge in [0.05, 0.1) is 12.7 Å². The molecule has 1 N–H and O–H groups in total. The van der Waals surface area contributed by atoms with Crippen LogP contribution in [0, 0.1) is 13.8 Å². The average molecular weight is 368 g/mol. The minimum atomic E-state index is -0.738. The smallest absolute Gasteiger partial charge is 0.340 e. The van der Waals surface area contributed by atoms with Gasteiger partial charge in [0, 0.05) is 9.90 Å². The number of ether oxygens (including phenoxy) is 2. The van der Waals surface area contributed by atoms with Gasteiger partial charge in [-0.05, 0) is 50.6 Å². The van der Waals surface area contributed by atoms with Crippen LogP contribution < -0.4 is 10.1 Å². The Balaban J connectivity index is 2.10. The number of anilines is 1. The normalized spacial score (nSPS) is 11.7. The van der Waals surface area contributed by atoms with Crippen LogP contribution in [0.5, 0.6) is 5.75 Å². The van der Waals surface area contributed by atoms with Gasteiger partial charge in [0.15, 0.2) is 6.10 Å². The molecule has 0 saturated heterocycles. The lowest BCUT2D eigenvalue weighted by Gasteiger charge is -2.16. The SMILES string of the molecule is COC(=O)c1cc(C)sc1NC(=O)[C@@H](C)Oc1ccc(Cl)cc1C. The predicted octanol–water partition coefficient (Wildman–Crippen LogP) is 4.21. The van der Waals surface area contributed by atoms with Gasteiger partial charge in [-0.1, -0.05) is 11.6 Å². The summed E-state index contributed by atoms with van der Waals surface area (Å²) in [6.07, 6.45) is -0.738. The number of rotatable bonds is 5. The van der Waals surface area contributed by atoms with Crippen LogP contribution in [0.4, 0.5) is 5.00 Å². The third kappa shape index (κ3) is 4.27. The Hall–Kier alpha value is -2.05. The molecule has 0 unspecified atom stereocenters. The molecule has 0 aliphatic heterocycles. The van der Waals surface area contributed by atoms with E-state index in [-0.39, 0.29) is 5.91 Å². The molecule has 0 aliphatic carbocycles. The van der Waals surface area contributed by atoms with Crippen molar-refractivity contribution in [1.82, 2.24) is 0 Å². The highest BCUT2D eigenvalue weighted by atomic mass is 35.5. The van der Waals surface area contributed by atoms with E-state index in [2.05, 4.69) is 5.32 Å². The highest BCUT2D eigenvalue weighted by Crippen LogP contribution is 2.29. The van der Waals surface area contributed by atoms with Crippen molar-refractivity contribution in [3.63, 3.8) is 0 Å². The van der Waals surface area contributed by atoms with E-state index in [1.807, 2.05) is 13.8 Å². The standard InChI is InChI=1S/C17H18ClNO4S/c1-9-7-12(18)5-6-14(9)23-11(3)15(20)19-16-13(17(21)22-4)8-10(2)24-16/h5-8,11H,1-4H3,(H,19,20)/t11-/m1/s1. The number of esters is 1. The van der Waals surface area contributed by atoms with Crippen molar-refractivity contribution in [3.05, 3.63) is 45.3 Å². The summed E-state index contributed by atoms with van der Waals surface area (Å²) in [7, 11) is 1.30. The van der Waals surface area contributed by atoms with E-state index in [1.54, 1.807) is 31.2 Å². The Morgan fingerprint density at radius 2 is 1.96 bits per heavy atom. The topological polar surface area (TPSA) is 64.6 Å². The molecule has 1 atom stereocenters. The van der Waals surface area contributed by atoms with Gasteiger partial charge in [-0.2, -0.15) is 0 Å². The zero-order chi connectivity index (χ0) is 17.9. The number of benzene rings is 1. The molecule has 1 amide bonds. The molecule has 128 valence electrons. The second-order valence-electron chi connectivity index (χ2n) is 5.25. The highest BCUT2D eigenvalue weighted by molar-refractivity contribution is 7.16. The number of thiophene rings is 1. The molecule has 1 aromatic heterocycles. The van der Waals surface area contributed by atoms with Crippen molar-refractivity contribution in [2.24, 2.45) is 0 Å². The predicted molar refractivity (Wildman–Crippen MR) is 95.3 cm³/mol. The van der Waals surface area contributed by atoms with E-state index in [9.17, 15) is 9.59 Å². The monoisotopic (exact) mass is 367 g/mol. The summed E-state index contributed by atoms with van der Waals surface area (Å²) in [5, 5.41) is 3.78. The number of hydrogen-bond donors (Lipinski definition) is 1. The quantitative estimate of drug-likeness (QED) is 0.804. The first kappa shape index (κ1) is 18.3. The molecule has 0 bridgehead atoms. The second-order valence-corrected chi connectivity index (χ2v) is 6.94. The van der Waals surface area contributed by atoms with E-state index >= 15 is 0 Å². The Labute approximate surface area is 149 Å². The molecule has 0 aliphatic rings. The number of halogens is 1. The van der Waals surface area contributed by atoms with Gasteiger partial charge in [-0.15, -0.1) is 11.3 Å². The number of carbonyl (C=O) groups is 2. The lowest BCUT2D eigenvalue weighted by atomic mass is 10.2. The minimum absolute atomic E-state index is 0.336. The van der Waals surface area contributed by atoms with Crippen LogP contribution in [0.15, 0.2) is 24.3 Å². The number of amides is 1. The maximum absolute atomic E-state index is 12.4. The lowest BCUT2D eigenvalue weighted by Crippen LogP contribution is -2.30. The molecule has 5 nitrogen and oxygen atoms in total. The van der Waals surface area contributed by atoms with Gasteiger partial charge in [0.25, 0.3) is 5.91 Å². The maximum Gasteiger partial charge on any atom is 0.340 e. The van der Waals surface area contributed by atoms with E-state index in [0.29, 0.717) is 21.3 Å². The van der Waals surface area contributed by atoms with Gasteiger partial charge >= 0.3 is 5.97 Å². The van der Waals surface area contributed by atoms with Gasteiger partial charge in [-0.3, -0.25) is 4.79 Å². The van der Waals surface area contributed by atoms with Crippen LogP contribution in [0.2, 0.25) is 5.02 Å². The summed E-state index contributed by atoms with van der Waals surface area (Å²) in [4.78, 5) is 25.0. The fourth-order valence-corrected chi connectivity index (χ4v) is 3.20. The molecular weight excluding hydrogens is 350 g/mol. The Kier molecular flexibility index (Phi) is 5.85. The lowest BCUT2D eigenvalue weighted by molar-refractivity contribution is -0.122. The van der Waals surface area contributed by atoms with Gasteiger partial charge < -0.3 is 14.8 Å². The van der Waals surface area contributed by atoms with Gasteiger partial charge in [0.1, 0.15) is 10.8 Å². The molecule has 0 radical (unpaired) electrons.